The Morgan fingerprint density at radius 3 is 3.12 bits per heavy atom. The van der Waals surface area contributed by atoms with E-state index in [1.165, 1.54) is 0 Å². The Morgan fingerprint density at radius 1 is 1.56 bits per heavy atom. The van der Waals surface area contributed by atoms with E-state index in [4.69, 9.17) is 9.47 Å². The molecule has 0 bridgehead atoms. The van der Waals surface area contributed by atoms with Crippen molar-refractivity contribution in [3.63, 3.8) is 0 Å². The fourth-order valence-electron chi connectivity index (χ4n) is 1.12. The van der Waals surface area contributed by atoms with E-state index in [-0.39, 0.29) is 12.5 Å². The second-order valence-electron chi connectivity index (χ2n) is 3.22. The van der Waals surface area contributed by atoms with Crippen molar-refractivity contribution in [1.29, 1.82) is 0 Å². The summed E-state index contributed by atoms with van der Waals surface area (Å²) >= 11 is 0. The third kappa shape index (κ3) is 5.47. The van der Waals surface area contributed by atoms with Crippen LogP contribution in [0.5, 0.6) is 0 Å². The second-order valence-corrected chi connectivity index (χ2v) is 3.22. The number of hydrogen-bond acceptors (Lipinski definition) is 4. The van der Waals surface area contributed by atoms with Gasteiger partial charge in [-0.3, -0.25) is 4.79 Å². The number of carbonyl (C=O) groups is 1. The molecule has 2 N–H and O–H groups in total. The van der Waals surface area contributed by atoms with Crippen molar-refractivity contribution in [2.45, 2.75) is 6.42 Å². The lowest BCUT2D eigenvalue weighted by atomic mass is 10.3. The summed E-state index contributed by atoms with van der Waals surface area (Å²) in [7, 11) is 1.59. The van der Waals surface area contributed by atoms with Gasteiger partial charge in [-0.15, -0.1) is 0 Å². The first-order valence-corrected chi connectivity index (χ1v) is 5.13. The molecule has 1 heterocycles. The Balaban J connectivity index is 1.98. The summed E-state index contributed by atoms with van der Waals surface area (Å²) < 4.78 is 9.85. The van der Waals surface area contributed by atoms with Gasteiger partial charge in [0.2, 0.25) is 5.91 Å². The Morgan fingerprint density at radius 2 is 2.44 bits per heavy atom. The Bertz CT molecular complexity index is 288. The number of nitrogens with one attached hydrogen (secondary N) is 2. The average Bonchev–Trinajstić information content (AvgIpc) is 2.77. The highest BCUT2D eigenvalue weighted by Gasteiger charge is 2.00. The van der Waals surface area contributed by atoms with E-state index in [0.717, 1.165) is 12.1 Å². The normalized spacial score (nSPS) is 10.3. The van der Waals surface area contributed by atoms with Gasteiger partial charge >= 0.3 is 0 Å². The molecule has 0 aliphatic heterocycles. The number of amides is 1. The maximum atomic E-state index is 11.2. The minimum atomic E-state index is -0.115. The molecule has 1 aromatic heterocycles. The summed E-state index contributed by atoms with van der Waals surface area (Å²) in [6.45, 7) is 1.59. The van der Waals surface area contributed by atoms with E-state index >= 15 is 0 Å². The van der Waals surface area contributed by atoms with Crippen molar-refractivity contribution in [3.05, 3.63) is 18.2 Å². The Kier molecular flexibility index (Phi) is 6.20. The van der Waals surface area contributed by atoms with E-state index < -0.39 is 0 Å². The van der Waals surface area contributed by atoms with Gasteiger partial charge in [0.15, 0.2) is 0 Å². The lowest BCUT2D eigenvalue weighted by Gasteiger charge is -2.05. The van der Waals surface area contributed by atoms with Crippen LogP contribution in [0.15, 0.2) is 12.5 Å². The van der Waals surface area contributed by atoms with Crippen LogP contribution in [0.2, 0.25) is 0 Å². The van der Waals surface area contributed by atoms with Crippen LogP contribution in [-0.2, 0) is 20.7 Å². The molecule has 6 nitrogen and oxygen atoms in total. The van der Waals surface area contributed by atoms with Crippen molar-refractivity contribution in [3.8, 4) is 0 Å². The maximum Gasteiger partial charge on any atom is 0.246 e. The van der Waals surface area contributed by atoms with Crippen molar-refractivity contribution in [2.24, 2.45) is 0 Å². The monoisotopic (exact) mass is 227 g/mol. The predicted octanol–water partition coefficient (Wildman–Crippen LogP) is -0.269. The first kappa shape index (κ1) is 12.7. The molecule has 90 valence electrons. The minimum Gasteiger partial charge on any atom is -0.382 e. The summed E-state index contributed by atoms with van der Waals surface area (Å²) in [6.07, 6.45) is 4.09. The predicted molar refractivity (Wildman–Crippen MR) is 58.0 cm³/mol. The highest BCUT2D eigenvalue weighted by Crippen LogP contribution is 1.90. The summed E-state index contributed by atoms with van der Waals surface area (Å²) in [5, 5.41) is 2.75. The molecular weight excluding hydrogens is 210 g/mol. The number of nitrogens with zero attached hydrogens (tertiary/aromatic N) is 1. The van der Waals surface area contributed by atoms with Crippen LogP contribution in [0.25, 0.3) is 0 Å². The highest BCUT2D eigenvalue weighted by molar-refractivity contribution is 5.77. The first-order chi connectivity index (χ1) is 7.83. The molecule has 0 aliphatic carbocycles. The molecule has 0 aliphatic rings. The Hall–Kier alpha value is -1.40. The lowest BCUT2D eigenvalue weighted by molar-refractivity contribution is -0.126. The number of carbonyl (C=O) groups excluding carboxylic acids is 1. The number of hydrogen-bond donors (Lipinski definition) is 2. The summed E-state index contributed by atoms with van der Waals surface area (Å²) in [4.78, 5) is 18.1. The summed E-state index contributed by atoms with van der Waals surface area (Å²) in [6, 6.07) is 0. The van der Waals surface area contributed by atoms with Gasteiger partial charge in [0.25, 0.3) is 0 Å². The summed E-state index contributed by atoms with van der Waals surface area (Å²) in [5.74, 6) is -0.115. The number of aromatic amines is 1. The van der Waals surface area contributed by atoms with Crippen LogP contribution in [-0.4, -0.2) is 49.4 Å². The topological polar surface area (TPSA) is 76.2 Å². The van der Waals surface area contributed by atoms with Crippen LogP contribution in [0.1, 0.15) is 5.69 Å². The standard InChI is InChI=1S/C10H17N3O3/c1-15-4-5-16-7-10(14)12-3-2-9-6-11-8-13-9/h6,8H,2-5,7H2,1H3,(H,11,13)(H,12,14). The number of rotatable bonds is 8. The zero-order chi connectivity index (χ0) is 11.6. The van der Waals surface area contributed by atoms with E-state index in [1.54, 1.807) is 19.6 Å². The van der Waals surface area contributed by atoms with Crippen LogP contribution < -0.4 is 5.32 Å². The molecule has 0 saturated carbocycles. The number of H-pyrrole nitrogens is 1. The molecule has 0 radical (unpaired) electrons. The quantitative estimate of drug-likeness (QED) is 0.599. The van der Waals surface area contributed by atoms with Gasteiger partial charge in [0.05, 0.1) is 19.5 Å². The van der Waals surface area contributed by atoms with Gasteiger partial charge < -0.3 is 19.8 Å². The van der Waals surface area contributed by atoms with Gasteiger partial charge in [-0.05, 0) is 0 Å². The molecule has 1 rings (SSSR count). The van der Waals surface area contributed by atoms with Gasteiger partial charge in [0, 0.05) is 32.0 Å². The highest BCUT2D eigenvalue weighted by atomic mass is 16.5. The van der Waals surface area contributed by atoms with Crippen LogP contribution >= 0.6 is 0 Å². The summed E-state index contributed by atoms with van der Waals surface area (Å²) in [5.41, 5.74) is 1.00. The number of methoxy groups -OCH3 is 1. The SMILES string of the molecule is COCCOCC(=O)NCCc1cnc[nH]1. The van der Waals surface area contributed by atoms with Crippen LogP contribution in [0, 0.1) is 0 Å². The van der Waals surface area contributed by atoms with Crippen LogP contribution in [0.3, 0.4) is 0 Å². The van der Waals surface area contributed by atoms with E-state index in [2.05, 4.69) is 15.3 Å². The van der Waals surface area contributed by atoms with Crippen LogP contribution in [0.4, 0.5) is 0 Å². The minimum absolute atomic E-state index is 0.0757. The first-order valence-electron chi connectivity index (χ1n) is 5.13. The largest absolute Gasteiger partial charge is 0.382 e. The molecular formula is C10H17N3O3. The molecule has 0 unspecified atom stereocenters. The van der Waals surface area contributed by atoms with Gasteiger partial charge in [-0.25, -0.2) is 4.98 Å². The average molecular weight is 227 g/mol. The molecule has 1 amide bonds. The fraction of sp³-hybridized carbons (Fsp3) is 0.600. The fourth-order valence-corrected chi connectivity index (χ4v) is 1.12. The van der Waals surface area contributed by atoms with E-state index in [1.807, 2.05) is 0 Å². The zero-order valence-corrected chi connectivity index (χ0v) is 9.36. The molecule has 0 spiro atoms. The zero-order valence-electron chi connectivity index (χ0n) is 9.36. The molecule has 16 heavy (non-hydrogen) atoms. The molecule has 1 aromatic rings. The third-order valence-electron chi connectivity index (χ3n) is 1.94. The van der Waals surface area contributed by atoms with Crippen molar-refractivity contribution < 1.29 is 14.3 Å². The molecule has 0 atom stereocenters. The molecule has 6 heteroatoms. The van der Waals surface area contributed by atoms with Crippen molar-refractivity contribution >= 4 is 5.91 Å². The van der Waals surface area contributed by atoms with Crippen molar-refractivity contribution in [1.82, 2.24) is 15.3 Å². The maximum absolute atomic E-state index is 11.2. The molecule has 0 aromatic carbocycles. The van der Waals surface area contributed by atoms with Crippen molar-refractivity contribution in [2.75, 3.05) is 33.5 Å². The Labute approximate surface area is 94.4 Å². The smallest absolute Gasteiger partial charge is 0.246 e. The number of imidazole rings is 1. The van der Waals surface area contributed by atoms with Gasteiger partial charge in [-0.1, -0.05) is 0 Å². The molecule has 0 saturated heterocycles. The molecule has 0 fully saturated rings. The van der Waals surface area contributed by atoms with Gasteiger partial charge in [0.1, 0.15) is 6.61 Å². The van der Waals surface area contributed by atoms with Gasteiger partial charge in [-0.2, -0.15) is 0 Å². The lowest BCUT2D eigenvalue weighted by Crippen LogP contribution is -2.30. The third-order valence-corrected chi connectivity index (χ3v) is 1.94. The van der Waals surface area contributed by atoms with E-state index in [9.17, 15) is 4.79 Å². The number of aromatic nitrogens is 2. The second kappa shape index (κ2) is 7.84. The number of ether oxygens (including phenoxy) is 2. The van der Waals surface area contributed by atoms with E-state index in [0.29, 0.717) is 19.8 Å².